The second kappa shape index (κ2) is 17.4. The van der Waals surface area contributed by atoms with Gasteiger partial charge < -0.3 is 25.0 Å². The molecule has 3 atom stereocenters. The van der Waals surface area contributed by atoms with Gasteiger partial charge in [0.1, 0.15) is 0 Å². The summed E-state index contributed by atoms with van der Waals surface area (Å²) in [4.78, 5) is 17.4. The first-order valence-electron chi connectivity index (χ1n) is 20.8. The number of anilines is 4. The highest BCUT2D eigenvalue weighted by Gasteiger charge is 2.40. The fraction of sp³-hybridized carbons (Fsp3) is 0.587. The van der Waals surface area contributed by atoms with Gasteiger partial charge in [0.15, 0.2) is 0 Å². The summed E-state index contributed by atoms with van der Waals surface area (Å²) in [7, 11) is 0. The van der Waals surface area contributed by atoms with E-state index in [-0.39, 0.29) is 5.91 Å². The Hall–Kier alpha value is -3.67. The minimum absolute atomic E-state index is 0.167. The van der Waals surface area contributed by atoms with Crippen LogP contribution < -0.4 is 20.4 Å². The second-order valence-electron chi connectivity index (χ2n) is 16.6. The number of amides is 1. The first-order chi connectivity index (χ1) is 25.1. The van der Waals surface area contributed by atoms with E-state index in [0.717, 1.165) is 73.7 Å². The topological polar surface area (TPSA) is 52.5 Å². The van der Waals surface area contributed by atoms with E-state index in [9.17, 15) is 4.79 Å². The SMILES string of the molecule is C=C(Nc1c(C)cc(N(CC)CCC)cc1C)C1CC2CCC1C2.Cc1cc(N2CCn3cccc3C2)cc(C)c1NC(=O)CCC1CCCCC1. The Morgan fingerprint density at radius 1 is 0.865 bits per heavy atom. The minimum Gasteiger partial charge on any atom is -0.372 e. The third kappa shape index (κ3) is 9.09. The number of fused-ring (bicyclic) bond motifs is 3. The molecule has 6 nitrogen and oxygen atoms in total. The lowest BCUT2D eigenvalue weighted by Crippen LogP contribution is -2.33. The first kappa shape index (κ1) is 38.1. The van der Waals surface area contributed by atoms with Crippen molar-refractivity contribution < 1.29 is 4.79 Å². The van der Waals surface area contributed by atoms with E-state index in [4.69, 9.17) is 0 Å². The lowest BCUT2D eigenvalue weighted by atomic mass is 9.86. The summed E-state index contributed by atoms with van der Waals surface area (Å²) in [6.07, 6.45) is 17.3. The number of aromatic nitrogens is 1. The zero-order valence-corrected chi connectivity index (χ0v) is 33.3. The molecule has 2 aromatic carbocycles. The number of aryl methyl sites for hydroxylation is 4. The Labute approximate surface area is 315 Å². The average Bonchev–Trinajstić information content (AvgIpc) is 3.91. The van der Waals surface area contributed by atoms with Gasteiger partial charge in [-0.1, -0.05) is 52.0 Å². The van der Waals surface area contributed by atoms with Crippen molar-refractivity contribution in [3.05, 3.63) is 82.8 Å². The van der Waals surface area contributed by atoms with Crippen molar-refractivity contribution in [2.24, 2.45) is 23.7 Å². The van der Waals surface area contributed by atoms with E-state index in [1.54, 1.807) is 0 Å². The monoisotopic (exact) mass is 706 g/mol. The third-order valence-electron chi connectivity index (χ3n) is 12.8. The lowest BCUT2D eigenvalue weighted by molar-refractivity contribution is -0.116. The maximum Gasteiger partial charge on any atom is 0.224 e. The molecule has 3 fully saturated rings. The number of nitrogens with one attached hydrogen (secondary N) is 2. The van der Waals surface area contributed by atoms with Gasteiger partial charge in [0.25, 0.3) is 0 Å². The molecule has 7 rings (SSSR count). The molecule has 3 saturated carbocycles. The van der Waals surface area contributed by atoms with Crippen molar-refractivity contribution in [2.45, 2.75) is 132 Å². The zero-order valence-electron chi connectivity index (χ0n) is 33.3. The summed E-state index contributed by atoms with van der Waals surface area (Å²) < 4.78 is 2.33. The van der Waals surface area contributed by atoms with Crippen LogP contribution in [0, 0.1) is 51.4 Å². The van der Waals surface area contributed by atoms with E-state index in [1.807, 2.05) is 0 Å². The first-order valence-corrected chi connectivity index (χ1v) is 20.8. The molecule has 0 saturated heterocycles. The summed E-state index contributed by atoms with van der Waals surface area (Å²) in [6.45, 7) is 22.8. The molecule has 1 amide bonds. The van der Waals surface area contributed by atoms with Crippen LogP contribution in [-0.4, -0.2) is 30.1 Å². The summed E-state index contributed by atoms with van der Waals surface area (Å²) in [5.41, 5.74) is 12.5. The molecule has 6 heteroatoms. The van der Waals surface area contributed by atoms with Gasteiger partial charge in [-0.15, -0.1) is 0 Å². The Kier molecular flexibility index (Phi) is 12.8. The van der Waals surface area contributed by atoms with Crippen molar-refractivity contribution >= 4 is 28.7 Å². The summed E-state index contributed by atoms with van der Waals surface area (Å²) in [6, 6.07) is 13.4. The number of allylic oxidation sites excluding steroid dienone is 1. The number of rotatable bonds is 12. The van der Waals surface area contributed by atoms with Crippen molar-refractivity contribution in [1.29, 1.82) is 0 Å². The molecule has 2 N–H and O–H groups in total. The molecule has 0 spiro atoms. The van der Waals surface area contributed by atoms with Gasteiger partial charge in [-0.2, -0.15) is 0 Å². The van der Waals surface area contributed by atoms with Gasteiger partial charge in [0, 0.05) is 78.9 Å². The number of nitrogens with zero attached hydrogens (tertiary/aromatic N) is 3. The van der Waals surface area contributed by atoms with Crippen LogP contribution in [0.5, 0.6) is 0 Å². The quantitative estimate of drug-likeness (QED) is 0.197. The largest absolute Gasteiger partial charge is 0.372 e. The maximum atomic E-state index is 12.5. The van der Waals surface area contributed by atoms with Crippen LogP contribution in [0.15, 0.2) is 54.9 Å². The molecule has 3 aliphatic carbocycles. The smallest absolute Gasteiger partial charge is 0.224 e. The Morgan fingerprint density at radius 3 is 2.19 bits per heavy atom. The molecule has 52 heavy (non-hydrogen) atoms. The standard InChI is InChI=1S/C24H33N3O.C22H34N2/c1-18-15-22(27-14-13-26-12-6-9-21(26)17-27)16-19(2)24(18)25-23(28)11-10-20-7-4-3-5-8-20;1-6-10-24(7-2)20-11-15(3)22(16(4)12-20)23-17(5)21-14-18-8-9-19(21)13-18/h6,9,12,15-16,20H,3-5,7-8,10-11,13-14,17H2,1-2H3,(H,25,28);11-12,18-19,21,23H,5-10,13-14H2,1-4H3. The van der Waals surface area contributed by atoms with E-state index in [2.05, 4.69) is 116 Å². The number of benzene rings is 2. The highest BCUT2D eigenvalue weighted by atomic mass is 16.1. The van der Waals surface area contributed by atoms with Crippen molar-refractivity contribution in [1.82, 2.24) is 4.57 Å². The fourth-order valence-corrected chi connectivity index (χ4v) is 9.85. The molecule has 0 radical (unpaired) electrons. The van der Waals surface area contributed by atoms with Crippen LogP contribution >= 0.6 is 0 Å². The van der Waals surface area contributed by atoms with Gasteiger partial charge in [0.2, 0.25) is 5.91 Å². The number of carbonyl (C=O) groups excluding carboxylic acids is 1. The van der Waals surface area contributed by atoms with E-state index in [0.29, 0.717) is 12.3 Å². The molecule has 4 aliphatic rings. The molecular formula is C46H67N5O. The van der Waals surface area contributed by atoms with Gasteiger partial charge in [0.05, 0.1) is 6.54 Å². The van der Waals surface area contributed by atoms with Crippen LogP contribution in [0.25, 0.3) is 0 Å². The van der Waals surface area contributed by atoms with Crippen LogP contribution in [0.1, 0.15) is 119 Å². The zero-order chi connectivity index (χ0) is 36.8. The molecular weight excluding hydrogens is 639 g/mol. The molecule has 2 heterocycles. The van der Waals surface area contributed by atoms with Crippen LogP contribution in [0.3, 0.4) is 0 Å². The lowest BCUT2D eigenvalue weighted by Gasteiger charge is -2.31. The normalized spacial score (nSPS) is 21.0. The van der Waals surface area contributed by atoms with Crippen LogP contribution in [0.2, 0.25) is 0 Å². The van der Waals surface area contributed by atoms with E-state index in [1.165, 1.54) is 104 Å². The summed E-state index contributed by atoms with van der Waals surface area (Å²) in [5.74, 6) is 3.46. The highest BCUT2D eigenvalue weighted by molar-refractivity contribution is 5.92. The van der Waals surface area contributed by atoms with Gasteiger partial charge >= 0.3 is 0 Å². The summed E-state index contributed by atoms with van der Waals surface area (Å²) >= 11 is 0. The molecule has 1 aromatic heterocycles. The molecule has 282 valence electrons. The molecule has 3 unspecified atom stereocenters. The summed E-state index contributed by atoms with van der Waals surface area (Å²) in [5, 5.41) is 6.91. The number of hydrogen-bond donors (Lipinski definition) is 2. The average molecular weight is 706 g/mol. The van der Waals surface area contributed by atoms with Crippen LogP contribution in [-0.2, 0) is 17.9 Å². The third-order valence-corrected chi connectivity index (χ3v) is 12.8. The predicted octanol–water partition coefficient (Wildman–Crippen LogP) is 11.3. The van der Waals surface area contributed by atoms with Crippen molar-refractivity contribution in [3.8, 4) is 0 Å². The van der Waals surface area contributed by atoms with Crippen LogP contribution in [0.4, 0.5) is 22.7 Å². The highest BCUT2D eigenvalue weighted by Crippen LogP contribution is 2.51. The minimum atomic E-state index is 0.167. The Balaban J connectivity index is 0.000000181. The van der Waals surface area contributed by atoms with Crippen molar-refractivity contribution in [2.75, 3.05) is 40.1 Å². The molecule has 3 aromatic rings. The maximum absolute atomic E-state index is 12.5. The Morgan fingerprint density at radius 2 is 1.56 bits per heavy atom. The molecule has 2 bridgehead atoms. The molecule has 1 aliphatic heterocycles. The fourth-order valence-electron chi connectivity index (χ4n) is 9.85. The van der Waals surface area contributed by atoms with Crippen molar-refractivity contribution in [3.63, 3.8) is 0 Å². The predicted molar refractivity (Wildman–Crippen MR) is 222 cm³/mol. The van der Waals surface area contributed by atoms with Gasteiger partial charge in [-0.3, -0.25) is 4.79 Å². The van der Waals surface area contributed by atoms with E-state index < -0.39 is 0 Å². The second-order valence-corrected chi connectivity index (χ2v) is 16.6. The van der Waals surface area contributed by atoms with Gasteiger partial charge in [-0.25, -0.2) is 0 Å². The Bertz CT molecular complexity index is 1640. The number of carbonyl (C=O) groups is 1. The van der Waals surface area contributed by atoms with Gasteiger partial charge in [-0.05, 0) is 143 Å². The van der Waals surface area contributed by atoms with E-state index >= 15 is 0 Å². The number of hydrogen-bond acceptors (Lipinski definition) is 4.